The van der Waals surface area contributed by atoms with Gasteiger partial charge in [0, 0.05) is 11.1 Å². The number of benzene rings is 3. The molecule has 1 amide bonds. The topological polar surface area (TPSA) is 80.0 Å². The van der Waals surface area contributed by atoms with Crippen molar-refractivity contribution in [1.82, 2.24) is 20.2 Å². The van der Waals surface area contributed by atoms with Crippen LogP contribution in [0.1, 0.15) is 15.9 Å². The minimum Gasteiger partial charge on any atom is -0.288 e. The van der Waals surface area contributed by atoms with E-state index in [0.717, 1.165) is 22.3 Å². The number of amides is 1. The van der Waals surface area contributed by atoms with Gasteiger partial charge in [0.25, 0.3) is 5.91 Å². The Balaban J connectivity index is 1.53. The number of carbonyl (C=O) groups is 1. The lowest BCUT2D eigenvalue weighted by Gasteiger charge is -2.04. The van der Waals surface area contributed by atoms with Gasteiger partial charge in [-0.25, -0.2) is 15.1 Å². The van der Waals surface area contributed by atoms with E-state index in [0.29, 0.717) is 17.9 Å². The average Bonchev–Trinajstić information content (AvgIpc) is 3.23. The molecule has 0 aliphatic rings. The first-order valence-electron chi connectivity index (χ1n) is 8.81. The molecule has 0 fully saturated rings. The van der Waals surface area contributed by atoms with E-state index < -0.39 is 5.91 Å². The quantitative estimate of drug-likeness (QED) is 0.414. The fourth-order valence-corrected chi connectivity index (χ4v) is 2.98. The van der Waals surface area contributed by atoms with Crippen molar-refractivity contribution in [2.24, 2.45) is 0 Å². The highest BCUT2D eigenvalue weighted by molar-refractivity contribution is 5.93. The van der Waals surface area contributed by atoms with Gasteiger partial charge in [0.15, 0.2) is 5.82 Å². The lowest BCUT2D eigenvalue weighted by atomic mass is 10.0. The number of carbonyl (C=O) groups excluding carboxylic acids is 1. The zero-order chi connectivity index (χ0) is 19.3. The van der Waals surface area contributed by atoms with Crippen molar-refractivity contribution in [1.29, 1.82) is 0 Å². The largest absolute Gasteiger partial charge is 0.288 e. The minimum absolute atomic E-state index is 0.392. The normalized spacial score (nSPS) is 10.6. The molecule has 2 N–H and O–H groups in total. The van der Waals surface area contributed by atoms with Gasteiger partial charge in [-0.15, -0.1) is 0 Å². The van der Waals surface area contributed by atoms with Crippen LogP contribution in [0.3, 0.4) is 0 Å². The number of hydroxylamine groups is 1. The molecule has 28 heavy (non-hydrogen) atoms. The molecular formula is C22H18N4O2. The van der Waals surface area contributed by atoms with Gasteiger partial charge >= 0.3 is 0 Å². The third-order valence-electron chi connectivity index (χ3n) is 4.43. The molecule has 0 bridgehead atoms. The summed E-state index contributed by atoms with van der Waals surface area (Å²) in [7, 11) is 0. The van der Waals surface area contributed by atoms with Crippen LogP contribution in [0, 0.1) is 0 Å². The van der Waals surface area contributed by atoms with Gasteiger partial charge in [0.2, 0.25) is 0 Å². The molecule has 0 aliphatic carbocycles. The molecule has 138 valence electrons. The monoisotopic (exact) mass is 370 g/mol. The molecule has 3 aromatic carbocycles. The summed E-state index contributed by atoms with van der Waals surface area (Å²) in [5.74, 6) is 0.127. The zero-order valence-electron chi connectivity index (χ0n) is 15.0. The highest BCUT2D eigenvalue weighted by atomic mass is 16.5. The lowest BCUT2D eigenvalue weighted by molar-refractivity contribution is 0.0706. The van der Waals surface area contributed by atoms with Crippen molar-refractivity contribution < 1.29 is 10.0 Å². The van der Waals surface area contributed by atoms with Crippen molar-refractivity contribution >= 4 is 5.91 Å². The Morgan fingerprint density at radius 3 is 2.36 bits per heavy atom. The second-order valence-electron chi connectivity index (χ2n) is 6.35. The van der Waals surface area contributed by atoms with Gasteiger partial charge in [-0.2, -0.15) is 5.10 Å². The third-order valence-corrected chi connectivity index (χ3v) is 4.43. The lowest BCUT2D eigenvalue weighted by Crippen LogP contribution is -2.18. The van der Waals surface area contributed by atoms with E-state index in [1.165, 1.54) is 0 Å². The van der Waals surface area contributed by atoms with E-state index in [9.17, 15) is 4.79 Å². The van der Waals surface area contributed by atoms with E-state index in [1.807, 2.05) is 42.5 Å². The number of rotatable bonds is 5. The van der Waals surface area contributed by atoms with Gasteiger partial charge in [-0.1, -0.05) is 60.7 Å². The third kappa shape index (κ3) is 3.82. The second kappa shape index (κ2) is 7.85. The highest BCUT2D eigenvalue weighted by Gasteiger charge is 2.08. The van der Waals surface area contributed by atoms with Gasteiger partial charge in [0.05, 0.1) is 6.54 Å². The molecule has 4 rings (SSSR count). The Kier molecular flexibility index (Phi) is 4.95. The Morgan fingerprint density at radius 1 is 0.893 bits per heavy atom. The molecule has 0 spiro atoms. The predicted molar refractivity (Wildman–Crippen MR) is 106 cm³/mol. The smallest absolute Gasteiger partial charge is 0.274 e. The molecule has 0 atom stereocenters. The van der Waals surface area contributed by atoms with Crippen LogP contribution in [-0.2, 0) is 6.54 Å². The number of aromatic nitrogens is 3. The Labute approximate surface area is 162 Å². The minimum atomic E-state index is -0.534. The van der Waals surface area contributed by atoms with Crippen molar-refractivity contribution in [3.8, 4) is 22.5 Å². The molecule has 0 saturated carbocycles. The molecule has 0 unspecified atom stereocenters. The summed E-state index contributed by atoms with van der Waals surface area (Å²) >= 11 is 0. The average molecular weight is 370 g/mol. The Morgan fingerprint density at radius 2 is 1.61 bits per heavy atom. The molecule has 1 heterocycles. The number of hydrogen-bond donors (Lipinski definition) is 2. The summed E-state index contributed by atoms with van der Waals surface area (Å²) in [4.78, 5) is 15.8. The van der Waals surface area contributed by atoms with Crippen LogP contribution in [-0.4, -0.2) is 25.9 Å². The van der Waals surface area contributed by atoms with Crippen molar-refractivity contribution in [2.75, 3.05) is 0 Å². The maximum atomic E-state index is 11.4. The number of nitrogens with zero attached hydrogens (tertiary/aromatic N) is 3. The van der Waals surface area contributed by atoms with Crippen LogP contribution < -0.4 is 5.48 Å². The van der Waals surface area contributed by atoms with E-state index in [-0.39, 0.29) is 0 Å². The fourth-order valence-electron chi connectivity index (χ4n) is 2.98. The van der Waals surface area contributed by atoms with Crippen LogP contribution >= 0.6 is 0 Å². The van der Waals surface area contributed by atoms with Crippen LogP contribution in [0.2, 0.25) is 0 Å². The van der Waals surface area contributed by atoms with Crippen LogP contribution in [0.5, 0.6) is 0 Å². The predicted octanol–water partition coefficient (Wildman–Crippen LogP) is 3.78. The van der Waals surface area contributed by atoms with E-state index in [4.69, 9.17) is 5.21 Å². The molecule has 0 aliphatic heterocycles. The van der Waals surface area contributed by atoms with Gasteiger partial charge < -0.3 is 0 Å². The summed E-state index contributed by atoms with van der Waals surface area (Å²) in [5, 5.41) is 13.2. The molecule has 0 radical (unpaired) electrons. The van der Waals surface area contributed by atoms with Crippen molar-refractivity contribution in [2.45, 2.75) is 6.54 Å². The molecule has 1 aromatic heterocycles. The SMILES string of the molecule is O=C(NO)c1ccc(Cn2cnc(-c3cccc(-c4ccccc4)c3)n2)cc1. The first kappa shape index (κ1) is 17.6. The van der Waals surface area contributed by atoms with E-state index in [2.05, 4.69) is 34.3 Å². The molecule has 4 aromatic rings. The summed E-state index contributed by atoms with van der Waals surface area (Å²) in [6.07, 6.45) is 1.69. The number of nitrogens with one attached hydrogen (secondary N) is 1. The van der Waals surface area contributed by atoms with Crippen molar-refractivity contribution in [3.63, 3.8) is 0 Å². The maximum absolute atomic E-state index is 11.4. The molecule has 6 heteroatoms. The summed E-state index contributed by atoms with van der Waals surface area (Å²) in [6, 6.07) is 25.3. The van der Waals surface area contributed by atoms with Crippen LogP contribution in [0.25, 0.3) is 22.5 Å². The van der Waals surface area contributed by atoms with Gasteiger partial charge in [-0.05, 0) is 34.9 Å². The van der Waals surface area contributed by atoms with Crippen LogP contribution in [0.4, 0.5) is 0 Å². The van der Waals surface area contributed by atoms with Crippen LogP contribution in [0.15, 0.2) is 85.2 Å². The van der Waals surface area contributed by atoms with Gasteiger partial charge in [0.1, 0.15) is 6.33 Å². The molecule has 0 saturated heterocycles. The standard InChI is InChI=1S/C22H18N4O2/c27-22(25-28)18-11-9-16(10-12-18)14-26-15-23-21(24-26)20-8-4-7-19(13-20)17-5-2-1-3-6-17/h1-13,15,28H,14H2,(H,25,27). The summed E-state index contributed by atoms with van der Waals surface area (Å²) < 4.78 is 1.76. The molecule has 6 nitrogen and oxygen atoms in total. The molecular weight excluding hydrogens is 352 g/mol. The van der Waals surface area contributed by atoms with E-state index in [1.54, 1.807) is 28.6 Å². The second-order valence-corrected chi connectivity index (χ2v) is 6.35. The van der Waals surface area contributed by atoms with Crippen molar-refractivity contribution in [3.05, 3.63) is 96.3 Å². The summed E-state index contributed by atoms with van der Waals surface area (Å²) in [5.41, 5.74) is 6.21. The highest BCUT2D eigenvalue weighted by Crippen LogP contribution is 2.24. The first-order valence-corrected chi connectivity index (χ1v) is 8.81. The van der Waals surface area contributed by atoms with Gasteiger partial charge in [-0.3, -0.25) is 10.0 Å². The number of hydrogen-bond acceptors (Lipinski definition) is 4. The van der Waals surface area contributed by atoms with E-state index >= 15 is 0 Å². The zero-order valence-corrected chi connectivity index (χ0v) is 15.0. The first-order chi connectivity index (χ1) is 13.7. The maximum Gasteiger partial charge on any atom is 0.274 e. The summed E-state index contributed by atoms with van der Waals surface area (Å²) in [6.45, 7) is 0.534. The Hall–Kier alpha value is -3.77. The fraction of sp³-hybridized carbons (Fsp3) is 0.0455. The Bertz CT molecular complexity index is 1090.